The van der Waals surface area contributed by atoms with Crippen LogP contribution in [0.2, 0.25) is 5.02 Å². The Bertz CT molecular complexity index is 557. The Labute approximate surface area is 92.9 Å². The molecule has 2 rings (SSSR count). The second-order valence-corrected chi connectivity index (χ2v) is 4.06. The number of hydrogen-bond donors (Lipinski definition) is 0. The lowest BCUT2D eigenvalue weighted by Crippen LogP contribution is -2.26. The zero-order chi connectivity index (χ0) is 11.2. The van der Waals surface area contributed by atoms with Gasteiger partial charge < -0.3 is 0 Å². The number of imidazole rings is 1. The third-order valence-electron chi connectivity index (χ3n) is 2.66. The number of Topliss-reactive ketones (excluding diaryl/α,β-unsaturated/α-hetero) is 1. The van der Waals surface area contributed by atoms with E-state index in [9.17, 15) is 4.79 Å². The van der Waals surface area contributed by atoms with Gasteiger partial charge in [-0.05, 0) is 6.07 Å². The number of nitrogens with zero attached hydrogens (tertiary/aromatic N) is 2. The molecule has 0 aliphatic carbocycles. The van der Waals surface area contributed by atoms with Gasteiger partial charge in [0.2, 0.25) is 11.5 Å². The first-order valence-corrected chi connectivity index (χ1v) is 5.07. The first kappa shape index (κ1) is 10.2. The fourth-order valence-electron chi connectivity index (χ4n) is 1.84. The molecule has 0 fully saturated rings. The quantitative estimate of drug-likeness (QED) is 0.536. The SMILES string of the molecule is CC(=O)c1c(C)n(C)c2cc(Cl)cc[n+]12. The van der Waals surface area contributed by atoms with Crippen LogP contribution in [0.3, 0.4) is 0 Å². The van der Waals surface area contributed by atoms with Crippen molar-refractivity contribution in [2.45, 2.75) is 13.8 Å². The van der Waals surface area contributed by atoms with Crippen molar-refractivity contribution in [3.63, 3.8) is 0 Å². The lowest BCUT2D eigenvalue weighted by Gasteiger charge is -1.90. The number of carbonyl (C=O) groups excluding carboxylic acids is 1. The highest BCUT2D eigenvalue weighted by Crippen LogP contribution is 2.13. The van der Waals surface area contributed by atoms with E-state index in [0.717, 1.165) is 11.3 Å². The second-order valence-electron chi connectivity index (χ2n) is 3.62. The Morgan fingerprint density at radius 1 is 1.53 bits per heavy atom. The van der Waals surface area contributed by atoms with Gasteiger partial charge in [0.25, 0.3) is 5.65 Å². The topological polar surface area (TPSA) is 26.1 Å². The number of fused-ring (bicyclic) bond motifs is 1. The van der Waals surface area contributed by atoms with Crippen molar-refractivity contribution in [3.8, 4) is 0 Å². The molecule has 0 radical (unpaired) electrons. The predicted molar refractivity (Wildman–Crippen MR) is 58.3 cm³/mol. The molecule has 0 saturated heterocycles. The van der Waals surface area contributed by atoms with E-state index in [2.05, 4.69) is 0 Å². The molecule has 0 saturated carbocycles. The highest BCUT2D eigenvalue weighted by Gasteiger charge is 2.23. The minimum atomic E-state index is 0.0606. The van der Waals surface area contributed by atoms with Crippen LogP contribution in [0.4, 0.5) is 0 Å². The zero-order valence-electron chi connectivity index (χ0n) is 8.91. The van der Waals surface area contributed by atoms with Gasteiger partial charge in [-0.3, -0.25) is 4.79 Å². The van der Waals surface area contributed by atoms with Gasteiger partial charge in [0.05, 0.1) is 18.3 Å². The summed E-state index contributed by atoms with van der Waals surface area (Å²) >= 11 is 5.92. The molecule has 0 amide bonds. The van der Waals surface area contributed by atoms with Crippen LogP contribution in [-0.4, -0.2) is 10.4 Å². The van der Waals surface area contributed by atoms with E-state index in [1.807, 2.05) is 35.2 Å². The summed E-state index contributed by atoms with van der Waals surface area (Å²) < 4.78 is 3.83. The number of halogens is 1. The van der Waals surface area contributed by atoms with Gasteiger partial charge in [0.15, 0.2) is 5.69 Å². The van der Waals surface area contributed by atoms with Crippen molar-refractivity contribution in [1.29, 1.82) is 0 Å². The highest BCUT2D eigenvalue weighted by molar-refractivity contribution is 6.30. The van der Waals surface area contributed by atoms with Crippen LogP contribution >= 0.6 is 11.6 Å². The smallest absolute Gasteiger partial charge is 0.288 e. The Morgan fingerprint density at radius 3 is 2.80 bits per heavy atom. The van der Waals surface area contributed by atoms with Gasteiger partial charge >= 0.3 is 0 Å². The monoisotopic (exact) mass is 223 g/mol. The average Bonchev–Trinajstić information content (AvgIpc) is 2.41. The van der Waals surface area contributed by atoms with E-state index < -0.39 is 0 Å². The maximum atomic E-state index is 11.5. The molecule has 2 aromatic rings. The molecular weight excluding hydrogens is 212 g/mol. The van der Waals surface area contributed by atoms with Crippen LogP contribution in [0.15, 0.2) is 18.3 Å². The molecule has 3 nitrogen and oxygen atoms in total. The van der Waals surface area contributed by atoms with Crippen LogP contribution in [0.5, 0.6) is 0 Å². The number of aryl methyl sites for hydroxylation is 1. The Morgan fingerprint density at radius 2 is 2.20 bits per heavy atom. The second kappa shape index (κ2) is 3.35. The summed E-state index contributed by atoms with van der Waals surface area (Å²) in [6.07, 6.45) is 1.82. The van der Waals surface area contributed by atoms with Gasteiger partial charge in [-0.2, -0.15) is 4.40 Å². The van der Waals surface area contributed by atoms with Gasteiger partial charge in [0.1, 0.15) is 0 Å². The van der Waals surface area contributed by atoms with Gasteiger partial charge in [-0.1, -0.05) is 11.6 Å². The molecule has 2 aromatic heterocycles. The lowest BCUT2D eigenvalue weighted by molar-refractivity contribution is -0.513. The number of hydrogen-bond acceptors (Lipinski definition) is 1. The van der Waals surface area contributed by atoms with Crippen molar-refractivity contribution in [3.05, 3.63) is 34.7 Å². The minimum absolute atomic E-state index is 0.0606. The Kier molecular flexibility index (Phi) is 2.27. The van der Waals surface area contributed by atoms with E-state index >= 15 is 0 Å². The molecule has 0 aliphatic heterocycles. The molecule has 0 spiro atoms. The van der Waals surface area contributed by atoms with E-state index in [4.69, 9.17) is 11.6 Å². The number of rotatable bonds is 1. The first-order chi connectivity index (χ1) is 7.02. The molecule has 0 N–H and O–H groups in total. The molecule has 78 valence electrons. The summed E-state index contributed by atoms with van der Waals surface area (Å²) in [4.78, 5) is 11.5. The normalized spacial score (nSPS) is 10.9. The summed E-state index contributed by atoms with van der Waals surface area (Å²) in [5.41, 5.74) is 2.58. The van der Waals surface area contributed by atoms with Gasteiger partial charge in [0, 0.05) is 19.9 Å². The van der Waals surface area contributed by atoms with E-state index in [1.165, 1.54) is 0 Å². The van der Waals surface area contributed by atoms with E-state index in [-0.39, 0.29) is 5.78 Å². The Hall–Kier alpha value is -1.35. The fraction of sp³-hybridized carbons (Fsp3) is 0.273. The fourth-order valence-corrected chi connectivity index (χ4v) is 1.99. The third-order valence-corrected chi connectivity index (χ3v) is 2.90. The lowest BCUT2D eigenvalue weighted by atomic mass is 10.2. The Balaban J connectivity index is 2.93. The minimum Gasteiger partial charge on any atom is -0.290 e. The molecule has 0 atom stereocenters. The number of pyridine rings is 1. The number of carbonyl (C=O) groups is 1. The molecule has 2 heterocycles. The van der Waals surface area contributed by atoms with Crippen molar-refractivity contribution >= 4 is 23.0 Å². The first-order valence-electron chi connectivity index (χ1n) is 4.69. The summed E-state index contributed by atoms with van der Waals surface area (Å²) in [6, 6.07) is 3.63. The molecule has 0 unspecified atom stereocenters. The average molecular weight is 224 g/mol. The van der Waals surface area contributed by atoms with Crippen LogP contribution in [0.25, 0.3) is 5.65 Å². The summed E-state index contributed by atoms with van der Waals surface area (Å²) in [6.45, 7) is 3.50. The van der Waals surface area contributed by atoms with Crippen molar-refractivity contribution in [2.24, 2.45) is 7.05 Å². The van der Waals surface area contributed by atoms with Crippen LogP contribution in [-0.2, 0) is 7.05 Å². The van der Waals surface area contributed by atoms with Crippen molar-refractivity contribution in [2.75, 3.05) is 0 Å². The molecule has 15 heavy (non-hydrogen) atoms. The maximum Gasteiger partial charge on any atom is 0.288 e. The molecule has 0 aromatic carbocycles. The summed E-state index contributed by atoms with van der Waals surface area (Å²) in [5, 5.41) is 0.672. The van der Waals surface area contributed by atoms with Crippen LogP contribution in [0.1, 0.15) is 23.1 Å². The van der Waals surface area contributed by atoms with Crippen LogP contribution in [0, 0.1) is 6.92 Å². The van der Waals surface area contributed by atoms with E-state index in [0.29, 0.717) is 10.7 Å². The molecule has 4 heteroatoms. The number of aromatic nitrogens is 2. The standard InChI is InChI=1S/C11H12ClN2O/c1-7-11(8(2)15)14-5-4-9(12)6-10(14)13(7)3/h4-6H,1-3H3/q+1. The number of ketones is 1. The van der Waals surface area contributed by atoms with Crippen molar-refractivity contribution in [1.82, 2.24) is 4.57 Å². The van der Waals surface area contributed by atoms with Gasteiger partial charge in [-0.25, -0.2) is 4.57 Å². The van der Waals surface area contributed by atoms with Gasteiger partial charge in [-0.15, -0.1) is 0 Å². The zero-order valence-corrected chi connectivity index (χ0v) is 9.67. The summed E-state index contributed by atoms with van der Waals surface area (Å²) in [7, 11) is 1.92. The molecule has 0 bridgehead atoms. The van der Waals surface area contributed by atoms with Crippen LogP contribution < -0.4 is 4.40 Å². The third kappa shape index (κ3) is 1.43. The maximum absolute atomic E-state index is 11.5. The predicted octanol–water partition coefficient (Wildman–Crippen LogP) is 1.93. The van der Waals surface area contributed by atoms with Crippen molar-refractivity contribution < 1.29 is 9.20 Å². The molecular formula is C11H12ClN2O+. The molecule has 0 aliphatic rings. The highest BCUT2D eigenvalue weighted by atomic mass is 35.5. The largest absolute Gasteiger partial charge is 0.290 e. The summed E-state index contributed by atoms with van der Waals surface area (Å²) in [5.74, 6) is 0.0606. The van der Waals surface area contributed by atoms with E-state index in [1.54, 1.807) is 13.0 Å².